The van der Waals surface area contributed by atoms with Crippen molar-refractivity contribution in [3.8, 4) is 17.2 Å². The van der Waals surface area contributed by atoms with Gasteiger partial charge in [-0.15, -0.1) is 0 Å². The Balaban J connectivity index is 1.47. The SMILES string of the molecule is O=C(COc1cc(Cl)c(Cl)cc1Cl)NC[C@H]1COc2ccccc2O1. The minimum atomic E-state index is -0.315. The van der Waals surface area contributed by atoms with Gasteiger partial charge in [0.15, 0.2) is 18.1 Å². The van der Waals surface area contributed by atoms with Crippen molar-refractivity contribution in [1.29, 1.82) is 0 Å². The highest BCUT2D eigenvalue weighted by Gasteiger charge is 2.21. The van der Waals surface area contributed by atoms with E-state index >= 15 is 0 Å². The molecule has 1 aliphatic heterocycles. The second kappa shape index (κ2) is 8.04. The Kier molecular flexibility index (Phi) is 5.78. The number of carbonyl (C=O) groups is 1. The minimum Gasteiger partial charge on any atom is -0.486 e. The van der Waals surface area contributed by atoms with Crippen LogP contribution >= 0.6 is 34.8 Å². The number of rotatable bonds is 5. The molecule has 0 fully saturated rings. The zero-order valence-corrected chi connectivity index (χ0v) is 15.2. The average Bonchev–Trinajstić information content (AvgIpc) is 2.61. The molecule has 0 saturated carbocycles. The van der Waals surface area contributed by atoms with Gasteiger partial charge < -0.3 is 19.5 Å². The molecule has 0 radical (unpaired) electrons. The number of benzene rings is 2. The summed E-state index contributed by atoms with van der Waals surface area (Å²) in [5.41, 5.74) is 0. The van der Waals surface area contributed by atoms with E-state index in [-0.39, 0.29) is 29.4 Å². The zero-order valence-electron chi connectivity index (χ0n) is 12.9. The molecule has 1 N–H and O–H groups in total. The highest BCUT2D eigenvalue weighted by atomic mass is 35.5. The van der Waals surface area contributed by atoms with E-state index in [0.29, 0.717) is 34.7 Å². The summed E-state index contributed by atoms with van der Waals surface area (Å²) in [7, 11) is 0. The number of halogens is 3. The van der Waals surface area contributed by atoms with E-state index in [9.17, 15) is 4.79 Å². The third kappa shape index (κ3) is 4.63. The monoisotopic (exact) mass is 401 g/mol. The topological polar surface area (TPSA) is 56.8 Å². The standard InChI is InChI=1S/C17H14Cl3NO4/c18-11-5-13(20)16(6-12(11)19)24-9-17(22)21-7-10-8-23-14-3-1-2-4-15(14)25-10/h1-6,10H,7-9H2,(H,21,22)/t10-/m0/s1. The van der Waals surface area contributed by atoms with Crippen LogP contribution in [0.4, 0.5) is 0 Å². The van der Waals surface area contributed by atoms with Crippen LogP contribution in [0, 0.1) is 0 Å². The first-order valence-corrected chi connectivity index (χ1v) is 8.59. The summed E-state index contributed by atoms with van der Waals surface area (Å²) in [5, 5.41) is 3.62. The van der Waals surface area contributed by atoms with Crippen LogP contribution in [-0.2, 0) is 4.79 Å². The van der Waals surface area contributed by atoms with Gasteiger partial charge in [-0.3, -0.25) is 4.79 Å². The van der Waals surface area contributed by atoms with Crippen molar-refractivity contribution >= 4 is 40.7 Å². The first-order valence-electron chi connectivity index (χ1n) is 7.45. The van der Waals surface area contributed by atoms with Gasteiger partial charge >= 0.3 is 0 Å². The minimum absolute atomic E-state index is 0.207. The van der Waals surface area contributed by atoms with Crippen molar-refractivity contribution in [3.63, 3.8) is 0 Å². The molecule has 0 saturated heterocycles. The molecule has 2 aromatic rings. The third-order valence-electron chi connectivity index (χ3n) is 3.43. The first-order chi connectivity index (χ1) is 12.0. The van der Waals surface area contributed by atoms with Crippen molar-refractivity contribution in [1.82, 2.24) is 5.32 Å². The number of carbonyl (C=O) groups excluding carboxylic acids is 1. The lowest BCUT2D eigenvalue weighted by Crippen LogP contribution is -2.42. The zero-order chi connectivity index (χ0) is 17.8. The van der Waals surface area contributed by atoms with Crippen molar-refractivity contribution < 1.29 is 19.0 Å². The Morgan fingerprint density at radius 3 is 2.64 bits per heavy atom. The van der Waals surface area contributed by atoms with Crippen LogP contribution in [0.15, 0.2) is 36.4 Å². The molecule has 0 bridgehead atoms. The summed E-state index contributed by atoms with van der Waals surface area (Å²) in [6.45, 7) is 0.449. The van der Waals surface area contributed by atoms with Gasteiger partial charge in [0.25, 0.3) is 5.91 Å². The highest BCUT2D eigenvalue weighted by Crippen LogP contribution is 2.34. The number of hydrogen-bond donors (Lipinski definition) is 1. The van der Waals surface area contributed by atoms with Crippen LogP contribution in [0.25, 0.3) is 0 Å². The molecule has 0 aliphatic carbocycles. The molecule has 0 unspecified atom stereocenters. The molecule has 0 spiro atoms. The van der Waals surface area contributed by atoms with E-state index in [1.54, 1.807) is 0 Å². The Bertz CT molecular complexity index is 784. The molecule has 1 atom stereocenters. The molecular weight excluding hydrogens is 389 g/mol. The molecule has 132 valence electrons. The van der Waals surface area contributed by atoms with E-state index in [1.807, 2.05) is 24.3 Å². The maximum Gasteiger partial charge on any atom is 0.258 e. The van der Waals surface area contributed by atoms with Crippen molar-refractivity contribution in [2.75, 3.05) is 19.8 Å². The van der Waals surface area contributed by atoms with Crippen LogP contribution in [0.3, 0.4) is 0 Å². The van der Waals surface area contributed by atoms with E-state index in [4.69, 9.17) is 49.0 Å². The number of fused-ring (bicyclic) bond motifs is 1. The fourth-order valence-corrected chi connectivity index (χ4v) is 2.79. The number of nitrogens with one attached hydrogen (secondary N) is 1. The quantitative estimate of drug-likeness (QED) is 0.769. The van der Waals surface area contributed by atoms with Gasteiger partial charge in [-0.2, -0.15) is 0 Å². The van der Waals surface area contributed by atoms with E-state index in [0.717, 1.165) is 0 Å². The van der Waals surface area contributed by atoms with Gasteiger partial charge in [-0.05, 0) is 18.2 Å². The molecule has 25 heavy (non-hydrogen) atoms. The van der Waals surface area contributed by atoms with Gasteiger partial charge in [0.1, 0.15) is 18.5 Å². The molecule has 3 rings (SSSR count). The second-order valence-corrected chi connectivity index (χ2v) is 6.51. The van der Waals surface area contributed by atoms with E-state index in [1.165, 1.54) is 12.1 Å². The van der Waals surface area contributed by atoms with Crippen molar-refractivity contribution in [2.45, 2.75) is 6.10 Å². The third-order valence-corrected chi connectivity index (χ3v) is 4.45. The predicted octanol–water partition coefficient (Wildman–Crippen LogP) is 3.98. The smallest absolute Gasteiger partial charge is 0.258 e. The predicted molar refractivity (Wildman–Crippen MR) is 96.3 cm³/mol. The van der Waals surface area contributed by atoms with Gasteiger partial charge in [0.05, 0.1) is 21.6 Å². The van der Waals surface area contributed by atoms with E-state index in [2.05, 4.69) is 5.32 Å². The Labute approximate surface area is 159 Å². The van der Waals surface area contributed by atoms with E-state index < -0.39 is 0 Å². The number of amides is 1. The van der Waals surface area contributed by atoms with Crippen molar-refractivity contribution in [3.05, 3.63) is 51.5 Å². The molecule has 1 amide bonds. The van der Waals surface area contributed by atoms with Gasteiger partial charge in [-0.25, -0.2) is 0 Å². The summed E-state index contributed by atoms with van der Waals surface area (Å²) in [5.74, 6) is 1.33. The van der Waals surface area contributed by atoms with Gasteiger partial charge in [0, 0.05) is 6.07 Å². The van der Waals surface area contributed by atoms with Crippen LogP contribution in [0.2, 0.25) is 15.1 Å². The van der Waals surface area contributed by atoms with Crippen LogP contribution in [-0.4, -0.2) is 31.8 Å². The molecule has 1 aliphatic rings. The molecular formula is C17H14Cl3NO4. The van der Waals surface area contributed by atoms with Gasteiger partial charge in [-0.1, -0.05) is 46.9 Å². The van der Waals surface area contributed by atoms with Crippen LogP contribution in [0.1, 0.15) is 0 Å². The maximum absolute atomic E-state index is 11.9. The second-order valence-electron chi connectivity index (χ2n) is 5.29. The largest absolute Gasteiger partial charge is 0.486 e. The molecule has 1 heterocycles. The fraction of sp³-hybridized carbons (Fsp3) is 0.235. The highest BCUT2D eigenvalue weighted by molar-refractivity contribution is 6.43. The molecule has 0 aromatic heterocycles. The fourth-order valence-electron chi connectivity index (χ4n) is 2.20. The van der Waals surface area contributed by atoms with Crippen molar-refractivity contribution in [2.24, 2.45) is 0 Å². The normalized spacial score (nSPS) is 15.6. The maximum atomic E-state index is 11.9. The summed E-state index contributed by atoms with van der Waals surface area (Å²) >= 11 is 17.7. The molecule has 8 heteroatoms. The lowest BCUT2D eigenvalue weighted by atomic mass is 10.2. The Morgan fingerprint density at radius 2 is 1.84 bits per heavy atom. The summed E-state index contributed by atoms with van der Waals surface area (Å²) in [4.78, 5) is 11.9. The molecule has 2 aromatic carbocycles. The summed E-state index contributed by atoms with van der Waals surface area (Å²) in [6, 6.07) is 10.3. The van der Waals surface area contributed by atoms with Gasteiger partial charge in [0.2, 0.25) is 0 Å². The number of hydrogen-bond acceptors (Lipinski definition) is 4. The molecule has 5 nitrogen and oxygen atoms in total. The number of ether oxygens (including phenoxy) is 3. The lowest BCUT2D eigenvalue weighted by Gasteiger charge is -2.26. The Hall–Kier alpha value is -1.82. The summed E-state index contributed by atoms with van der Waals surface area (Å²) in [6.07, 6.45) is -0.271. The summed E-state index contributed by atoms with van der Waals surface area (Å²) < 4.78 is 16.7. The lowest BCUT2D eigenvalue weighted by molar-refractivity contribution is -0.123. The van der Waals surface area contributed by atoms with Crippen LogP contribution in [0.5, 0.6) is 17.2 Å². The first kappa shape index (κ1) is 18.0. The Morgan fingerprint density at radius 1 is 1.12 bits per heavy atom. The average molecular weight is 403 g/mol. The number of para-hydroxylation sites is 2. The van der Waals surface area contributed by atoms with Crippen LogP contribution < -0.4 is 19.5 Å².